The Hall–Kier alpha value is -0.600. The van der Waals surface area contributed by atoms with Crippen LogP contribution in [-0.4, -0.2) is 56.7 Å². The van der Waals surface area contributed by atoms with Crippen molar-refractivity contribution >= 4 is 13.4 Å². The van der Waals surface area contributed by atoms with Gasteiger partial charge >= 0.3 is 18.9 Å². The van der Waals surface area contributed by atoms with Crippen molar-refractivity contribution in [1.82, 2.24) is 0 Å². The van der Waals surface area contributed by atoms with Crippen LogP contribution in [0.25, 0.3) is 0 Å². The maximum Gasteiger partial charge on any atom is 0.396 e. The van der Waals surface area contributed by atoms with Gasteiger partial charge in [0, 0.05) is 0 Å². The molecule has 0 radical (unpaired) electrons. The summed E-state index contributed by atoms with van der Waals surface area (Å²) >= 11 is 0. The molecule has 0 amide bonds. The lowest BCUT2D eigenvalue weighted by atomic mass is 10.1. The van der Waals surface area contributed by atoms with Crippen LogP contribution in [-0.2, 0) is 37.4 Å². The monoisotopic (exact) mass is 648 g/mol. The Morgan fingerprint density at radius 3 is 1.11 bits per heavy atom. The van der Waals surface area contributed by atoms with Crippen LogP contribution in [0, 0.1) is 0 Å². The lowest BCUT2D eigenvalue weighted by molar-refractivity contribution is -0.360. The Morgan fingerprint density at radius 2 is 0.818 bits per heavy atom. The molecule has 0 bridgehead atoms. The average molecular weight is 649 g/mol. The first kappa shape index (κ1) is 43.4. The van der Waals surface area contributed by atoms with E-state index >= 15 is 4.57 Å². The molecule has 0 aliphatic carbocycles. The van der Waals surface area contributed by atoms with E-state index in [1.165, 1.54) is 0 Å². The van der Waals surface area contributed by atoms with Gasteiger partial charge in [0.15, 0.2) is 0 Å². The van der Waals surface area contributed by atoms with E-state index in [2.05, 4.69) is 48.1 Å². The summed E-state index contributed by atoms with van der Waals surface area (Å²) in [6.07, 6.45) is 16.4. The van der Waals surface area contributed by atoms with Crippen molar-refractivity contribution in [2.45, 2.75) is 168 Å². The third kappa shape index (κ3) is 14.9. The summed E-state index contributed by atoms with van der Waals surface area (Å²) in [6.45, 7) is 17.5. The van der Waals surface area contributed by atoms with Crippen LogP contribution in [0.4, 0.5) is 0 Å². The molecular weight excluding hydrogens is 579 g/mol. The quantitative estimate of drug-likeness (QED) is 0.0295. The van der Waals surface area contributed by atoms with E-state index in [-0.39, 0.29) is 39.6 Å². The highest BCUT2D eigenvalue weighted by Gasteiger charge is 2.73. The molecule has 0 spiro atoms. The average Bonchev–Trinajstić information content (AvgIpc) is 3.03. The fraction of sp³-hybridized carbons (Fsp3) is 0.914. The van der Waals surface area contributed by atoms with Crippen LogP contribution >= 0.6 is 7.60 Å². The van der Waals surface area contributed by atoms with Crippen molar-refractivity contribution in [2.75, 3.05) is 39.6 Å². The first-order valence-corrected chi connectivity index (χ1v) is 19.5. The zero-order chi connectivity index (χ0) is 33.0. The predicted octanol–water partition coefficient (Wildman–Crippen LogP) is 10.5. The largest absolute Gasteiger partial charge is 0.396 e. The van der Waals surface area contributed by atoms with Crippen LogP contribution in [0.3, 0.4) is 0 Å². The van der Waals surface area contributed by atoms with Gasteiger partial charge in [0.2, 0.25) is 5.78 Å². The van der Waals surface area contributed by atoms with Gasteiger partial charge < -0.3 is 28.0 Å². The maximum atomic E-state index is 15.5. The van der Waals surface area contributed by atoms with Gasteiger partial charge in [0.25, 0.3) is 0 Å². The molecule has 9 heteroatoms. The molecule has 0 aromatic heterocycles. The number of ether oxygens (including phenoxy) is 4. The van der Waals surface area contributed by atoms with Gasteiger partial charge in [-0.05, 0) is 44.6 Å². The lowest BCUT2D eigenvalue weighted by Gasteiger charge is -2.48. The highest BCUT2D eigenvalue weighted by atomic mass is 31.2. The van der Waals surface area contributed by atoms with Gasteiger partial charge in [-0.15, -0.1) is 0 Å². The molecule has 0 fully saturated rings. The highest BCUT2D eigenvalue weighted by Crippen LogP contribution is 2.67. The van der Waals surface area contributed by atoms with Crippen molar-refractivity contribution in [1.29, 1.82) is 0 Å². The normalized spacial score (nSPS) is 12.6. The Labute approximate surface area is 271 Å². The van der Waals surface area contributed by atoms with Gasteiger partial charge in [-0.1, -0.05) is 125 Å². The molecule has 44 heavy (non-hydrogen) atoms. The first-order valence-electron chi connectivity index (χ1n) is 18.0. The number of hydrogen-bond acceptors (Lipinski definition) is 8. The number of rotatable bonds is 34. The minimum atomic E-state index is -4.40. The molecule has 0 heterocycles. The molecule has 0 atom stereocenters. The van der Waals surface area contributed by atoms with E-state index in [0.717, 1.165) is 83.1 Å². The third-order valence-corrected chi connectivity index (χ3v) is 9.82. The van der Waals surface area contributed by atoms with E-state index in [4.69, 9.17) is 28.0 Å². The summed E-state index contributed by atoms with van der Waals surface area (Å²) in [6, 6.07) is 0. The molecule has 0 aromatic rings. The van der Waals surface area contributed by atoms with E-state index in [1.54, 1.807) is 0 Å². The molecule has 0 N–H and O–H groups in total. The lowest BCUT2D eigenvalue weighted by Crippen LogP contribution is -2.65. The van der Waals surface area contributed by atoms with E-state index in [9.17, 15) is 4.79 Å². The van der Waals surface area contributed by atoms with Gasteiger partial charge in [0.1, 0.15) is 0 Å². The second kappa shape index (κ2) is 27.5. The van der Waals surface area contributed by atoms with Crippen molar-refractivity contribution in [3.8, 4) is 0 Å². The summed E-state index contributed by atoms with van der Waals surface area (Å²) in [4.78, 5) is 14.2. The Kier molecular flexibility index (Phi) is 27.1. The van der Waals surface area contributed by atoms with Crippen molar-refractivity contribution in [2.24, 2.45) is 0 Å². The molecule has 0 saturated carbocycles. The molecule has 0 rings (SSSR count). The van der Waals surface area contributed by atoms with Gasteiger partial charge in [-0.3, -0.25) is 9.36 Å². The number of unbranched alkanes of at least 4 members (excludes halogenated alkanes) is 12. The summed E-state index contributed by atoms with van der Waals surface area (Å²) in [5.74, 6) is -2.83. The molecular formula is C35H69O8P. The molecule has 0 saturated heterocycles. The van der Waals surface area contributed by atoms with Crippen molar-refractivity contribution in [3.63, 3.8) is 0 Å². The van der Waals surface area contributed by atoms with E-state index in [0.29, 0.717) is 38.5 Å². The predicted molar refractivity (Wildman–Crippen MR) is 181 cm³/mol. The van der Waals surface area contributed by atoms with Crippen molar-refractivity contribution in [3.05, 3.63) is 12.7 Å². The van der Waals surface area contributed by atoms with Gasteiger partial charge in [-0.25, -0.2) is 0 Å². The third-order valence-electron chi connectivity index (χ3n) is 7.50. The van der Waals surface area contributed by atoms with Gasteiger partial charge in [0.05, 0.1) is 39.6 Å². The summed E-state index contributed by atoms with van der Waals surface area (Å²) in [7, 11) is -4.40. The van der Waals surface area contributed by atoms with Crippen LogP contribution in [0.15, 0.2) is 12.7 Å². The Morgan fingerprint density at radius 1 is 0.523 bits per heavy atom. The minimum Gasteiger partial charge on any atom is -0.339 e. The van der Waals surface area contributed by atoms with Crippen molar-refractivity contribution < 1.29 is 37.4 Å². The zero-order valence-corrected chi connectivity index (χ0v) is 30.4. The fourth-order valence-electron chi connectivity index (χ4n) is 4.77. The summed E-state index contributed by atoms with van der Waals surface area (Å²) in [5.41, 5.74) is -2.27. The smallest absolute Gasteiger partial charge is 0.339 e. The Balaban J connectivity index is 7.39. The fourth-order valence-corrected chi connectivity index (χ4v) is 7.02. The molecule has 8 nitrogen and oxygen atoms in total. The van der Waals surface area contributed by atoms with Crippen LogP contribution in [0.2, 0.25) is 0 Å². The number of carbonyl (C=O) groups excluding carboxylic acids is 1. The van der Waals surface area contributed by atoms with Crippen LogP contribution in [0.1, 0.15) is 157 Å². The minimum absolute atomic E-state index is 0.168. The SMILES string of the molecule is C=CC(=O)C(OCCCCC)(OCCCCC)C(OCCCCC)(OCCCCC)P(=O)(OCCCCC)OCCCCC. The van der Waals surface area contributed by atoms with Crippen LogP contribution < -0.4 is 0 Å². The van der Waals surface area contributed by atoms with Crippen LogP contribution in [0.5, 0.6) is 0 Å². The van der Waals surface area contributed by atoms with E-state index < -0.39 is 24.7 Å². The number of ketones is 1. The van der Waals surface area contributed by atoms with E-state index in [1.807, 2.05) is 0 Å². The number of hydrogen-bond donors (Lipinski definition) is 0. The Bertz CT molecular complexity index is 704. The second-order valence-corrected chi connectivity index (χ2v) is 13.7. The molecule has 0 unspecified atom stereocenters. The standard InChI is InChI=1S/C35H69O8P/c1-8-15-21-27-38-34(33(36)14-7,39-28-22-16-9-2)35(40-29-23-17-10-3,41-30-24-18-11-4)44(37,42-31-25-19-12-5)43-32-26-20-13-6/h14H,7-13,15-32H2,1-6H3. The maximum absolute atomic E-state index is 15.5. The zero-order valence-electron chi connectivity index (χ0n) is 29.5. The molecule has 0 aliphatic rings. The topological polar surface area (TPSA) is 89.5 Å². The first-order chi connectivity index (χ1) is 21.3. The molecule has 0 aliphatic heterocycles. The highest BCUT2D eigenvalue weighted by molar-refractivity contribution is 7.55. The summed E-state index contributed by atoms with van der Waals surface area (Å²) in [5, 5.41) is 0. The second-order valence-electron chi connectivity index (χ2n) is 11.6. The molecule has 0 aromatic carbocycles. The summed E-state index contributed by atoms with van der Waals surface area (Å²) < 4.78 is 54.4. The van der Waals surface area contributed by atoms with Gasteiger partial charge in [-0.2, -0.15) is 0 Å². The molecule has 262 valence electrons. The number of carbonyl (C=O) groups is 1.